The van der Waals surface area contributed by atoms with E-state index in [4.69, 9.17) is 4.74 Å². The molecule has 2 aromatic heterocycles. The van der Waals surface area contributed by atoms with Crippen LogP contribution in [0.25, 0.3) is 10.2 Å². The number of rotatable bonds is 5. The maximum Gasteiger partial charge on any atom is 0.224 e. The highest BCUT2D eigenvalue weighted by atomic mass is 32.1. The van der Waals surface area contributed by atoms with Crippen LogP contribution < -0.4 is 19.9 Å². The minimum atomic E-state index is -0.153. The number of ether oxygens (including phenoxy) is 1. The molecule has 2 aromatic carbocycles. The number of para-hydroxylation sites is 1. The van der Waals surface area contributed by atoms with Gasteiger partial charge in [-0.2, -0.15) is 0 Å². The van der Waals surface area contributed by atoms with Gasteiger partial charge in [0.1, 0.15) is 17.7 Å². The highest BCUT2D eigenvalue weighted by Gasteiger charge is 2.19. The molecule has 0 unspecified atom stereocenters. The number of nitrogens with zero attached hydrogens (tertiary/aromatic N) is 5. The van der Waals surface area contributed by atoms with Gasteiger partial charge < -0.3 is 19.9 Å². The third-order valence-corrected chi connectivity index (χ3v) is 6.41. The van der Waals surface area contributed by atoms with Crippen LogP contribution in [0.2, 0.25) is 0 Å². The number of benzene rings is 2. The molecule has 0 atom stereocenters. The molecule has 4 aromatic rings. The SMILES string of the molecule is CC(=O)Nc1nc2c(Oc3cc(N4CCN(c5cccc(C)c5)CC4)ncn3)cccc2s1. The maximum absolute atomic E-state index is 11.4. The van der Waals surface area contributed by atoms with E-state index in [1.807, 2.05) is 24.3 Å². The number of hydrogen-bond donors (Lipinski definition) is 1. The Hall–Kier alpha value is -3.72. The van der Waals surface area contributed by atoms with Crippen molar-refractivity contribution in [3.8, 4) is 11.6 Å². The fraction of sp³-hybridized carbons (Fsp3) is 0.250. The molecule has 0 radical (unpaired) electrons. The normalized spacial score (nSPS) is 13.9. The first kappa shape index (κ1) is 21.1. The number of fused-ring (bicyclic) bond motifs is 1. The number of piperazine rings is 1. The van der Waals surface area contributed by atoms with E-state index in [9.17, 15) is 4.79 Å². The van der Waals surface area contributed by atoms with Crippen molar-refractivity contribution in [2.24, 2.45) is 0 Å². The highest BCUT2D eigenvalue weighted by Crippen LogP contribution is 2.34. The largest absolute Gasteiger partial charge is 0.437 e. The summed E-state index contributed by atoms with van der Waals surface area (Å²) in [5, 5.41) is 3.28. The first-order valence-corrected chi connectivity index (χ1v) is 11.6. The number of amides is 1. The van der Waals surface area contributed by atoms with Crippen molar-refractivity contribution in [2.45, 2.75) is 13.8 Å². The van der Waals surface area contributed by atoms with Crippen LogP contribution in [-0.2, 0) is 4.79 Å². The van der Waals surface area contributed by atoms with Crippen LogP contribution in [-0.4, -0.2) is 47.0 Å². The molecule has 0 aliphatic carbocycles. The van der Waals surface area contributed by atoms with E-state index < -0.39 is 0 Å². The van der Waals surface area contributed by atoms with E-state index >= 15 is 0 Å². The zero-order chi connectivity index (χ0) is 22.8. The van der Waals surface area contributed by atoms with Crippen LogP contribution >= 0.6 is 11.3 Å². The number of anilines is 3. The molecule has 1 aliphatic heterocycles. The Kier molecular flexibility index (Phi) is 5.78. The molecule has 0 saturated carbocycles. The first-order chi connectivity index (χ1) is 16.0. The second-order valence-electron chi connectivity index (χ2n) is 7.93. The van der Waals surface area contributed by atoms with Gasteiger partial charge in [0.05, 0.1) is 4.70 Å². The van der Waals surface area contributed by atoms with Gasteiger partial charge >= 0.3 is 0 Å². The van der Waals surface area contributed by atoms with Crippen molar-refractivity contribution in [1.82, 2.24) is 15.0 Å². The molecular formula is C24H24N6O2S. The van der Waals surface area contributed by atoms with E-state index in [1.54, 1.807) is 0 Å². The van der Waals surface area contributed by atoms with E-state index in [0.29, 0.717) is 22.3 Å². The Morgan fingerprint density at radius 3 is 2.61 bits per heavy atom. The van der Waals surface area contributed by atoms with Crippen molar-refractivity contribution in [3.63, 3.8) is 0 Å². The smallest absolute Gasteiger partial charge is 0.224 e. The summed E-state index contributed by atoms with van der Waals surface area (Å²) in [6.45, 7) is 7.17. The van der Waals surface area contributed by atoms with Gasteiger partial charge in [0.2, 0.25) is 11.8 Å². The molecule has 1 saturated heterocycles. The summed E-state index contributed by atoms with van der Waals surface area (Å²) < 4.78 is 7.02. The number of hydrogen-bond acceptors (Lipinski definition) is 8. The highest BCUT2D eigenvalue weighted by molar-refractivity contribution is 7.22. The van der Waals surface area contributed by atoms with Crippen molar-refractivity contribution in [2.75, 3.05) is 41.3 Å². The van der Waals surface area contributed by atoms with E-state index in [2.05, 4.69) is 61.3 Å². The number of carbonyl (C=O) groups excluding carboxylic acids is 1. The third-order valence-electron chi connectivity index (χ3n) is 5.48. The van der Waals surface area contributed by atoms with Crippen LogP contribution in [0.4, 0.5) is 16.6 Å². The summed E-state index contributed by atoms with van der Waals surface area (Å²) >= 11 is 1.41. The van der Waals surface area contributed by atoms with Gasteiger partial charge in [0.25, 0.3) is 0 Å². The Balaban J connectivity index is 1.30. The summed E-state index contributed by atoms with van der Waals surface area (Å²) in [5.41, 5.74) is 3.22. The van der Waals surface area contributed by atoms with Crippen molar-refractivity contribution >= 4 is 44.1 Å². The van der Waals surface area contributed by atoms with Crippen molar-refractivity contribution in [1.29, 1.82) is 0 Å². The Bertz CT molecular complexity index is 1300. The van der Waals surface area contributed by atoms with Crippen molar-refractivity contribution < 1.29 is 9.53 Å². The monoisotopic (exact) mass is 460 g/mol. The van der Waals surface area contributed by atoms with E-state index in [1.165, 1.54) is 35.8 Å². The molecule has 0 spiro atoms. The quantitative estimate of drug-likeness (QED) is 0.470. The van der Waals surface area contributed by atoms with Crippen LogP contribution in [0.1, 0.15) is 12.5 Å². The van der Waals surface area contributed by atoms with Crippen LogP contribution in [0, 0.1) is 6.92 Å². The second kappa shape index (κ2) is 9.03. The number of thiazole rings is 1. The van der Waals surface area contributed by atoms with Gasteiger partial charge in [0.15, 0.2) is 10.9 Å². The standard InChI is InChI=1S/C24H24N6O2S/c1-16-5-3-6-18(13-16)29-9-11-30(12-10-29)21-14-22(26-15-25-21)32-19-7-4-8-20-23(19)28-24(33-20)27-17(2)31/h3-8,13-15H,9-12H2,1-2H3,(H,27,28,31). The molecule has 8 nitrogen and oxygen atoms in total. The Morgan fingerprint density at radius 2 is 1.82 bits per heavy atom. The number of aryl methyl sites for hydroxylation is 1. The van der Waals surface area contributed by atoms with Crippen LogP contribution in [0.15, 0.2) is 54.9 Å². The summed E-state index contributed by atoms with van der Waals surface area (Å²) in [6.07, 6.45) is 1.53. The third kappa shape index (κ3) is 4.73. The molecule has 1 aliphatic rings. The summed E-state index contributed by atoms with van der Waals surface area (Å²) in [7, 11) is 0. The fourth-order valence-corrected chi connectivity index (χ4v) is 4.83. The number of aromatic nitrogens is 3. The van der Waals surface area contributed by atoms with E-state index in [-0.39, 0.29) is 5.91 Å². The lowest BCUT2D eigenvalue weighted by atomic mass is 10.2. The zero-order valence-corrected chi connectivity index (χ0v) is 19.3. The van der Waals surface area contributed by atoms with Gasteiger partial charge in [-0.05, 0) is 36.8 Å². The molecule has 0 bridgehead atoms. The lowest BCUT2D eigenvalue weighted by Gasteiger charge is -2.36. The Morgan fingerprint density at radius 1 is 1.03 bits per heavy atom. The van der Waals surface area contributed by atoms with Gasteiger partial charge in [-0.1, -0.05) is 29.5 Å². The molecule has 5 rings (SSSR count). The molecular weight excluding hydrogens is 436 g/mol. The van der Waals surface area contributed by atoms with Crippen molar-refractivity contribution in [3.05, 3.63) is 60.4 Å². The molecule has 9 heteroatoms. The average Bonchev–Trinajstić information content (AvgIpc) is 3.22. The second-order valence-corrected chi connectivity index (χ2v) is 8.96. The zero-order valence-electron chi connectivity index (χ0n) is 18.5. The summed E-state index contributed by atoms with van der Waals surface area (Å²) in [6, 6.07) is 16.2. The lowest BCUT2D eigenvalue weighted by Crippen LogP contribution is -2.46. The molecule has 3 heterocycles. The first-order valence-electron chi connectivity index (χ1n) is 10.8. The molecule has 168 valence electrons. The summed E-state index contributed by atoms with van der Waals surface area (Å²) in [4.78, 5) is 29.3. The molecule has 1 N–H and O–H groups in total. The van der Waals surface area contributed by atoms with Crippen LogP contribution in [0.5, 0.6) is 11.6 Å². The van der Waals surface area contributed by atoms with Gasteiger partial charge in [-0.15, -0.1) is 0 Å². The minimum Gasteiger partial charge on any atom is -0.437 e. The lowest BCUT2D eigenvalue weighted by molar-refractivity contribution is -0.114. The summed E-state index contributed by atoms with van der Waals surface area (Å²) in [5.74, 6) is 1.74. The fourth-order valence-electron chi connectivity index (χ4n) is 3.90. The maximum atomic E-state index is 11.4. The van der Waals surface area contributed by atoms with E-state index in [0.717, 1.165) is 36.7 Å². The Labute approximate surface area is 195 Å². The molecule has 1 amide bonds. The van der Waals surface area contributed by atoms with Gasteiger partial charge in [-0.3, -0.25) is 4.79 Å². The number of nitrogens with one attached hydrogen (secondary N) is 1. The molecule has 1 fully saturated rings. The molecule has 33 heavy (non-hydrogen) atoms. The number of carbonyl (C=O) groups is 1. The predicted octanol–water partition coefficient (Wildman–Crippen LogP) is 4.47. The average molecular weight is 461 g/mol. The van der Waals surface area contributed by atoms with Crippen LogP contribution in [0.3, 0.4) is 0 Å². The minimum absolute atomic E-state index is 0.153. The predicted molar refractivity (Wildman–Crippen MR) is 132 cm³/mol. The topological polar surface area (TPSA) is 83.5 Å². The van der Waals surface area contributed by atoms with Gasteiger partial charge in [-0.25, -0.2) is 15.0 Å². The van der Waals surface area contributed by atoms with Gasteiger partial charge in [0, 0.05) is 44.9 Å².